The van der Waals surface area contributed by atoms with Crippen molar-refractivity contribution >= 4 is 50.7 Å². The van der Waals surface area contributed by atoms with Crippen LogP contribution >= 0.6 is 34.8 Å². The Balaban J connectivity index is 1.64. The molecular weight excluding hydrogens is 431 g/mol. The van der Waals surface area contributed by atoms with Crippen molar-refractivity contribution in [2.75, 3.05) is 26.2 Å². The van der Waals surface area contributed by atoms with Crippen LogP contribution in [0.15, 0.2) is 47.4 Å². The summed E-state index contributed by atoms with van der Waals surface area (Å²) in [5.41, 5.74) is 0.869. The first-order valence-corrected chi connectivity index (χ1v) is 10.8. The van der Waals surface area contributed by atoms with Crippen LogP contribution in [0.1, 0.15) is 5.56 Å². The van der Waals surface area contributed by atoms with Gasteiger partial charge in [0.05, 0.1) is 11.3 Å². The number of sulfonamides is 1. The van der Waals surface area contributed by atoms with Crippen LogP contribution in [0, 0.1) is 0 Å². The molecule has 1 saturated heterocycles. The van der Waals surface area contributed by atoms with Crippen molar-refractivity contribution in [1.29, 1.82) is 0 Å². The van der Waals surface area contributed by atoms with Gasteiger partial charge in [0.25, 0.3) is 0 Å². The Hall–Kier alpha value is -1.31. The van der Waals surface area contributed by atoms with Crippen molar-refractivity contribution in [3.63, 3.8) is 0 Å². The number of halogens is 3. The van der Waals surface area contributed by atoms with Gasteiger partial charge >= 0.3 is 0 Å². The lowest BCUT2D eigenvalue weighted by molar-refractivity contribution is -0.131. The average molecular weight is 448 g/mol. The van der Waals surface area contributed by atoms with Gasteiger partial charge in [-0.1, -0.05) is 46.9 Å². The second-order valence-corrected chi connectivity index (χ2v) is 9.44. The smallest absolute Gasteiger partial charge is 0.243 e. The number of benzene rings is 2. The summed E-state index contributed by atoms with van der Waals surface area (Å²) in [6.07, 6.45) is 0.258. The van der Waals surface area contributed by atoms with Crippen molar-refractivity contribution < 1.29 is 13.2 Å². The molecule has 1 fully saturated rings. The molecule has 1 aliphatic heterocycles. The third-order valence-electron chi connectivity index (χ3n) is 4.33. The number of carbonyl (C=O) groups is 1. The van der Waals surface area contributed by atoms with E-state index >= 15 is 0 Å². The van der Waals surface area contributed by atoms with Gasteiger partial charge in [-0.15, -0.1) is 0 Å². The van der Waals surface area contributed by atoms with E-state index in [-0.39, 0.29) is 40.4 Å². The van der Waals surface area contributed by atoms with Gasteiger partial charge in [0.15, 0.2) is 0 Å². The third kappa shape index (κ3) is 4.95. The first kappa shape index (κ1) is 20.4. The van der Waals surface area contributed by atoms with Gasteiger partial charge in [0.1, 0.15) is 0 Å². The maximum absolute atomic E-state index is 12.8. The van der Waals surface area contributed by atoms with Crippen LogP contribution in [0.25, 0.3) is 0 Å². The molecule has 144 valence electrons. The van der Waals surface area contributed by atoms with Crippen molar-refractivity contribution in [2.45, 2.75) is 11.3 Å². The fraction of sp³-hybridized carbons (Fsp3) is 0.278. The number of hydrogen-bond donors (Lipinski definition) is 0. The summed E-state index contributed by atoms with van der Waals surface area (Å²) in [7, 11) is -3.71. The molecule has 3 rings (SSSR count). The maximum Gasteiger partial charge on any atom is 0.243 e. The van der Waals surface area contributed by atoms with Crippen LogP contribution in [0.5, 0.6) is 0 Å². The highest BCUT2D eigenvalue weighted by molar-refractivity contribution is 7.89. The second-order valence-electron chi connectivity index (χ2n) is 6.19. The summed E-state index contributed by atoms with van der Waals surface area (Å²) >= 11 is 17.7. The zero-order chi connectivity index (χ0) is 19.6. The summed E-state index contributed by atoms with van der Waals surface area (Å²) in [6, 6.07) is 11.3. The van der Waals surface area contributed by atoms with E-state index in [1.54, 1.807) is 17.0 Å². The van der Waals surface area contributed by atoms with E-state index in [4.69, 9.17) is 34.8 Å². The van der Waals surface area contributed by atoms with Crippen LogP contribution in [0.3, 0.4) is 0 Å². The van der Waals surface area contributed by atoms with E-state index in [0.717, 1.165) is 5.56 Å². The summed E-state index contributed by atoms with van der Waals surface area (Å²) in [5, 5.41) is 1.14. The molecule has 0 N–H and O–H groups in total. The van der Waals surface area contributed by atoms with E-state index < -0.39 is 10.0 Å². The molecule has 2 aromatic carbocycles. The number of carbonyl (C=O) groups excluding carboxylic acids is 1. The highest BCUT2D eigenvalue weighted by Crippen LogP contribution is 2.25. The minimum Gasteiger partial charge on any atom is -0.340 e. The Morgan fingerprint density at radius 1 is 0.852 bits per heavy atom. The Kier molecular flexibility index (Phi) is 6.33. The quantitative estimate of drug-likeness (QED) is 0.718. The number of amides is 1. The Morgan fingerprint density at radius 3 is 1.96 bits per heavy atom. The molecule has 0 saturated carbocycles. The van der Waals surface area contributed by atoms with Crippen molar-refractivity contribution in [2.24, 2.45) is 0 Å². The molecule has 1 aliphatic rings. The highest BCUT2D eigenvalue weighted by Gasteiger charge is 2.30. The molecule has 1 heterocycles. The lowest BCUT2D eigenvalue weighted by Gasteiger charge is -2.34. The minimum absolute atomic E-state index is 0.0415. The van der Waals surface area contributed by atoms with E-state index in [0.29, 0.717) is 18.1 Å². The molecule has 5 nitrogen and oxygen atoms in total. The molecule has 1 amide bonds. The zero-order valence-electron chi connectivity index (χ0n) is 14.2. The topological polar surface area (TPSA) is 57.7 Å². The SMILES string of the molecule is O=C(Cc1ccc(Cl)cc1)N1CCN(S(=O)(=O)c2cc(Cl)cc(Cl)c2)CC1. The van der Waals surface area contributed by atoms with E-state index in [1.165, 1.54) is 22.5 Å². The third-order valence-corrected chi connectivity index (χ3v) is 6.90. The van der Waals surface area contributed by atoms with Crippen molar-refractivity contribution in [3.05, 3.63) is 63.1 Å². The fourth-order valence-electron chi connectivity index (χ4n) is 2.89. The van der Waals surface area contributed by atoms with E-state index in [9.17, 15) is 13.2 Å². The molecule has 2 aromatic rings. The first-order valence-electron chi connectivity index (χ1n) is 8.24. The number of piperazine rings is 1. The molecule has 0 unspecified atom stereocenters. The largest absolute Gasteiger partial charge is 0.340 e. The normalized spacial score (nSPS) is 15.7. The number of rotatable bonds is 4. The van der Waals surface area contributed by atoms with Crippen molar-refractivity contribution in [3.8, 4) is 0 Å². The highest BCUT2D eigenvalue weighted by atomic mass is 35.5. The monoisotopic (exact) mass is 446 g/mol. The standard InChI is InChI=1S/C18H17Cl3N2O3S/c19-14-3-1-13(2-4-14)9-18(24)22-5-7-23(8-6-22)27(25,26)17-11-15(20)10-16(21)12-17/h1-4,10-12H,5-9H2. The number of hydrogen-bond acceptors (Lipinski definition) is 3. The lowest BCUT2D eigenvalue weighted by Crippen LogP contribution is -2.50. The molecule has 0 radical (unpaired) electrons. The first-order chi connectivity index (χ1) is 12.8. The maximum atomic E-state index is 12.8. The van der Waals surface area contributed by atoms with Gasteiger partial charge < -0.3 is 4.90 Å². The molecule has 0 aliphatic carbocycles. The molecule has 9 heteroatoms. The lowest BCUT2D eigenvalue weighted by atomic mass is 10.1. The Labute approximate surface area is 173 Å². The van der Waals surface area contributed by atoms with Crippen LogP contribution in [-0.4, -0.2) is 49.7 Å². The van der Waals surface area contributed by atoms with Gasteiger partial charge in [-0.3, -0.25) is 4.79 Å². The van der Waals surface area contributed by atoms with Crippen LogP contribution in [-0.2, 0) is 21.2 Å². The van der Waals surface area contributed by atoms with Gasteiger partial charge in [-0.2, -0.15) is 4.31 Å². The Morgan fingerprint density at radius 2 is 1.41 bits per heavy atom. The van der Waals surface area contributed by atoms with Crippen LogP contribution in [0.4, 0.5) is 0 Å². The van der Waals surface area contributed by atoms with Crippen molar-refractivity contribution in [1.82, 2.24) is 9.21 Å². The van der Waals surface area contributed by atoms with E-state index in [2.05, 4.69) is 0 Å². The summed E-state index contributed by atoms with van der Waals surface area (Å²) in [5.74, 6) is -0.0415. The van der Waals surface area contributed by atoms with Gasteiger partial charge in [0, 0.05) is 41.2 Å². The minimum atomic E-state index is -3.71. The fourth-order valence-corrected chi connectivity index (χ4v) is 5.17. The van der Waals surface area contributed by atoms with Crippen LogP contribution < -0.4 is 0 Å². The Bertz CT molecular complexity index is 921. The summed E-state index contributed by atoms with van der Waals surface area (Å²) < 4.78 is 26.9. The zero-order valence-corrected chi connectivity index (χ0v) is 17.3. The summed E-state index contributed by atoms with van der Waals surface area (Å²) in [6.45, 7) is 1.11. The average Bonchev–Trinajstić information content (AvgIpc) is 2.63. The van der Waals surface area contributed by atoms with E-state index in [1.807, 2.05) is 12.1 Å². The molecule has 27 heavy (non-hydrogen) atoms. The molecular formula is C18H17Cl3N2O3S. The number of nitrogens with zero attached hydrogens (tertiary/aromatic N) is 2. The molecule has 0 spiro atoms. The van der Waals surface area contributed by atoms with Gasteiger partial charge in [-0.25, -0.2) is 8.42 Å². The molecule has 0 bridgehead atoms. The summed E-state index contributed by atoms with van der Waals surface area (Å²) in [4.78, 5) is 14.2. The predicted octanol–water partition coefficient (Wildman–Crippen LogP) is 3.72. The van der Waals surface area contributed by atoms with Gasteiger partial charge in [0.2, 0.25) is 15.9 Å². The molecule has 0 aromatic heterocycles. The predicted molar refractivity (Wildman–Crippen MR) is 107 cm³/mol. The van der Waals surface area contributed by atoms with Crippen LogP contribution in [0.2, 0.25) is 15.1 Å². The molecule has 0 atom stereocenters. The second kappa shape index (κ2) is 8.37. The van der Waals surface area contributed by atoms with Gasteiger partial charge in [-0.05, 0) is 35.9 Å².